The molecule has 22 heavy (non-hydrogen) atoms. The molecule has 0 aromatic heterocycles. The van der Waals surface area contributed by atoms with Crippen LogP contribution in [0.3, 0.4) is 0 Å². The maximum absolute atomic E-state index is 12.7. The van der Waals surface area contributed by atoms with Crippen LogP contribution in [0.15, 0.2) is 30.3 Å². The van der Waals surface area contributed by atoms with E-state index in [4.69, 9.17) is 4.74 Å². The first-order valence-electron chi connectivity index (χ1n) is 7.95. The van der Waals surface area contributed by atoms with E-state index in [-0.39, 0.29) is 17.7 Å². The van der Waals surface area contributed by atoms with E-state index >= 15 is 0 Å². The number of morpholine rings is 1. The van der Waals surface area contributed by atoms with E-state index in [0.29, 0.717) is 32.7 Å². The first-order chi connectivity index (χ1) is 10.7. The third kappa shape index (κ3) is 3.85. The standard InChI is InChI=1S/C17H22N2O3/c20-16(14-6-7-14)18-15(12-13-4-2-1-3-5-13)17(21)19-8-10-22-11-9-19/h1-5,14-15H,6-12H2,(H,18,20)/t15-/m0/s1. The van der Waals surface area contributed by atoms with Crippen LogP contribution < -0.4 is 5.32 Å². The number of ether oxygens (including phenoxy) is 1. The summed E-state index contributed by atoms with van der Waals surface area (Å²) in [6.45, 7) is 2.34. The maximum atomic E-state index is 12.7. The van der Waals surface area contributed by atoms with Crippen molar-refractivity contribution < 1.29 is 14.3 Å². The number of amides is 2. The van der Waals surface area contributed by atoms with Crippen LogP contribution in [0.4, 0.5) is 0 Å². The van der Waals surface area contributed by atoms with Gasteiger partial charge in [0, 0.05) is 25.4 Å². The number of hydrogen-bond acceptors (Lipinski definition) is 3. The number of benzene rings is 1. The minimum atomic E-state index is -0.478. The van der Waals surface area contributed by atoms with Gasteiger partial charge in [-0.05, 0) is 18.4 Å². The van der Waals surface area contributed by atoms with Crippen molar-refractivity contribution in [1.29, 1.82) is 0 Å². The largest absolute Gasteiger partial charge is 0.378 e. The number of rotatable bonds is 5. The van der Waals surface area contributed by atoms with Crippen molar-refractivity contribution in [2.75, 3.05) is 26.3 Å². The fraction of sp³-hybridized carbons (Fsp3) is 0.529. The molecule has 0 radical (unpaired) electrons. The minimum absolute atomic E-state index is 0.00107. The summed E-state index contributed by atoms with van der Waals surface area (Å²) < 4.78 is 5.30. The summed E-state index contributed by atoms with van der Waals surface area (Å²) in [5, 5.41) is 2.95. The van der Waals surface area contributed by atoms with E-state index in [2.05, 4.69) is 5.32 Å². The first kappa shape index (κ1) is 15.0. The van der Waals surface area contributed by atoms with Crippen molar-refractivity contribution in [3.8, 4) is 0 Å². The van der Waals surface area contributed by atoms with Gasteiger partial charge in [-0.25, -0.2) is 0 Å². The highest BCUT2D eigenvalue weighted by Gasteiger charge is 2.34. The van der Waals surface area contributed by atoms with E-state index in [1.165, 1.54) is 0 Å². The molecule has 1 aromatic carbocycles. The summed E-state index contributed by atoms with van der Waals surface area (Å²) >= 11 is 0. The fourth-order valence-corrected chi connectivity index (χ4v) is 2.69. The van der Waals surface area contributed by atoms with Crippen LogP contribution in [0.1, 0.15) is 18.4 Å². The lowest BCUT2D eigenvalue weighted by Crippen LogP contribution is -2.52. The van der Waals surface area contributed by atoms with Crippen molar-refractivity contribution in [3.63, 3.8) is 0 Å². The number of carbonyl (C=O) groups excluding carboxylic acids is 2. The van der Waals surface area contributed by atoms with Gasteiger partial charge in [-0.15, -0.1) is 0 Å². The number of nitrogens with zero attached hydrogens (tertiary/aromatic N) is 1. The van der Waals surface area contributed by atoms with Crippen LogP contribution in [0.5, 0.6) is 0 Å². The van der Waals surface area contributed by atoms with Crippen LogP contribution >= 0.6 is 0 Å². The Labute approximate surface area is 130 Å². The zero-order chi connectivity index (χ0) is 15.4. The average molecular weight is 302 g/mol. The van der Waals surface area contributed by atoms with Gasteiger partial charge < -0.3 is 15.0 Å². The Morgan fingerprint density at radius 3 is 2.50 bits per heavy atom. The fourth-order valence-electron chi connectivity index (χ4n) is 2.69. The molecule has 0 unspecified atom stereocenters. The Morgan fingerprint density at radius 1 is 1.18 bits per heavy atom. The molecule has 1 saturated carbocycles. The van der Waals surface area contributed by atoms with Gasteiger partial charge in [0.25, 0.3) is 0 Å². The van der Waals surface area contributed by atoms with Crippen LogP contribution in [0.25, 0.3) is 0 Å². The van der Waals surface area contributed by atoms with Gasteiger partial charge in [-0.2, -0.15) is 0 Å². The van der Waals surface area contributed by atoms with Crippen LogP contribution in [0, 0.1) is 5.92 Å². The smallest absolute Gasteiger partial charge is 0.245 e. The molecule has 0 spiro atoms. The number of nitrogens with one attached hydrogen (secondary N) is 1. The summed E-state index contributed by atoms with van der Waals surface area (Å²) in [4.78, 5) is 26.6. The molecule has 0 bridgehead atoms. The van der Waals surface area contributed by atoms with Crippen molar-refractivity contribution in [3.05, 3.63) is 35.9 Å². The molecule has 5 nitrogen and oxygen atoms in total. The highest BCUT2D eigenvalue weighted by molar-refractivity contribution is 5.89. The van der Waals surface area contributed by atoms with E-state index < -0.39 is 6.04 Å². The zero-order valence-corrected chi connectivity index (χ0v) is 12.7. The van der Waals surface area contributed by atoms with Crippen molar-refractivity contribution >= 4 is 11.8 Å². The summed E-state index contributed by atoms with van der Waals surface area (Å²) in [7, 11) is 0. The lowest BCUT2D eigenvalue weighted by Gasteiger charge is -2.31. The Balaban J connectivity index is 1.69. The summed E-state index contributed by atoms with van der Waals surface area (Å²) in [5.74, 6) is 0.124. The van der Waals surface area contributed by atoms with Gasteiger partial charge in [0.2, 0.25) is 11.8 Å². The minimum Gasteiger partial charge on any atom is -0.378 e. The Morgan fingerprint density at radius 2 is 1.86 bits per heavy atom. The molecule has 3 rings (SSSR count). The Hall–Kier alpha value is -1.88. The van der Waals surface area contributed by atoms with E-state index in [1.807, 2.05) is 30.3 Å². The van der Waals surface area contributed by atoms with Gasteiger partial charge in [-0.3, -0.25) is 9.59 Å². The van der Waals surface area contributed by atoms with Crippen molar-refractivity contribution in [2.24, 2.45) is 5.92 Å². The van der Waals surface area contributed by atoms with Gasteiger partial charge in [0.15, 0.2) is 0 Å². The second kappa shape index (κ2) is 6.92. The molecule has 1 aliphatic heterocycles. The molecular formula is C17H22N2O3. The van der Waals surface area contributed by atoms with E-state index in [1.54, 1.807) is 4.90 Å². The second-order valence-electron chi connectivity index (χ2n) is 5.96. The molecule has 2 aliphatic rings. The second-order valence-corrected chi connectivity index (χ2v) is 5.96. The monoisotopic (exact) mass is 302 g/mol. The third-order valence-electron chi connectivity index (χ3n) is 4.17. The molecule has 1 aliphatic carbocycles. The van der Waals surface area contributed by atoms with Crippen molar-refractivity contribution in [1.82, 2.24) is 10.2 Å². The Bertz CT molecular complexity index is 522. The summed E-state index contributed by atoms with van der Waals surface area (Å²) in [6, 6.07) is 9.35. The molecule has 5 heteroatoms. The predicted octanol–water partition coefficient (Wildman–Crippen LogP) is 0.983. The molecule has 1 N–H and O–H groups in total. The molecule has 1 heterocycles. The van der Waals surface area contributed by atoms with Gasteiger partial charge >= 0.3 is 0 Å². The SMILES string of the molecule is O=C(N[C@@H](Cc1ccccc1)C(=O)N1CCOCC1)C1CC1. The molecule has 1 atom stereocenters. The predicted molar refractivity (Wildman–Crippen MR) is 82.2 cm³/mol. The van der Waals surface area contributed by atoms with Gasteiger partial charge in [0.1, 0.15) is 6.04 Å². The Kier molecular flexibility index (Phi) is 4.73. The number of carbonyl (C=O) groups is 2. The molecule has 2 amide bonds. The normalized spacial score (nSPS) is 19.5. The van der Waals surface area contributed by atoms with Gasteiger partial charge in [0.05, 0.1) is 13.2 Å². The molecule has 1 saturated heterocycles. The highest BCUT2D eigenvalue weighted by Crippen LogP contribution is 2.29. The summed E-state index contributed by atoms with van der Waals surface area (Å²) in [6.07, 6.45) is 2.42. The first-order valence-corrected chi connectivity index (χ1v) is 7.95. The van der Waals surface area contributed by atoms with E-state index in [0.717, 1.165) is 18.4 Å². The molecule has 2 fully saturated rings. The molecule has 1 aromatic rings. The van der Waals surface area contributed by atoms with E-state index in [9.17, 15) is 9.59 Å². The lowest BCUT2D eigenvalue weighted by molar-refractivity contribution is -0.140. The topological polar surface area (TPSA) is 58.6 Å². The quantitative estimate of drug-likeness (QED) is 0.882. The summed E-state index contributed by atoms with van der Waals surface area (Å²) in [5.41, 5.74) is 1.06. The number of hydrogen-bond donors (Lipinski definition) is 1. The highest BCUT2D eigenvalue weighted by atomic mass is 16.5. The van der Waals surface area contributed by atoms with Crippen LogP contribution in [-0.4, -0.2) is 49.1 Å². The third-order valence-corrected chi connectivity index (χ3v) is 4.17. The van der Waals surface area contributed by atoms with Gasteiger partial charge in [-0.1, -0.05) is 30.3 Å². The molecular weight excluding hydrogens is 280 g/mol. The van der Waals surface area contributed by atoms with Crippen molar-refractivity contribution in [2.45, 2.75) is 25.3 Å². The average Bonchev–Trinajstić information content (AvgIpc) is 3.40. The molecule has 118 valence electrons. The zero-order valence-electron chi connectivity index (χ0n) is 12.7. The lowest BCUT2D eigenvalue weighted by atomic mass is 10.0. The maximum Gasteiger partial charge on any atom is 0.245 e. The van der Waals surface area contributed by atoms with Crippen LogP contribution in [-0.2, 0) is 20.7 Å². The van der Waals surface area contributed by atoms with Crippen LogP contribution in [0.2, 0.25) is 0 Å².